The summed E-state index contributed by atoms with van der Waals surface area (Å²) in [6, 6.07) is 7.30. The number of rotatable bonds is 5. The van der Waals surface area contributed by atoms with Gasteiger partial charge in [-0.2, -0.15) is 0 Å². The Bertz CT molecular complexity index is 776. The van der Waals surface area contributed by atoms with Crippen LogP contribution >= 0.6 is 23.2 Å². The molecule has 25 heavy (non-hydrogen) atoms. The van der Waals surface area contributed by atoms with Crippen molar-refractivity contribution in [3.8, 4) is 0 Å². The Hall–Kier alpha value is -1.53. The summed E-state index contributed by atoms with van der Waals surface area (Å²) in [4.78, 5) is 13.6. The van der Waals surface area contributed by atoms with Crippen LogP contribution in [0.4, 0.5) is 0 Å². The molecule has 134 valence electrons. The number of furan rings is 1. The standard InChI is InChI=1S/C18H20Cl2N2O3/c1-2-15-12(8-16(25-15)18(21)23)9-22-5-6-24-17(10-22)11-3-4-13(19)14(20)7-11/h3-4,7-8,17H,2,5-6,9-10H2,1H3,(H2,21,23)/t17-/m1/s1. The van der Waals surface area contributed by atoms with E-state index in [1.54, 1.807) is 12.1 Å². The van der Waals surface area contributed by atoms with E-state index in [0.29, 0.717) is 29.6 Å². The van der Waals surface area contributed by atoms with Crippen molar-refractivity contribution in [2.45, 2.75) is 26.0 Å². The fraction of sp³-hybridized carbons (Fsp3) is 0.389. The number of hydrogen-bond acceptors (Lipinski definition) is 4. The predicted molar refractivity (Wildman–Crippen MR) is 97.0 cm³/mol. The van der Waals surface area contributed by atoms with Gasteiger partial charge in [-0.3, -0.25) is 9.69 Å². The minimum absolute atomic E-state index is 0.0731. The Morgan fingerprint density at radius 2 is 2.12 bits per heavy atom. The van der Waals surface area contributed by atoms with Crippen molar-refractivity contribution in [2.75, 3.05) is 19.7 Å². The minimum Gasteiger partial charge on any atom is -0.456 e. The number of nitrogens with two attached hydrogens (primary N) is 1. The zero-order valence-electron chi connectivity index (χ0n) is 13.9. The van der Waals surface area contributed by atoms with E-state index in [9.17, 15) is 4.79 Å². The van der Waals surface area contributed by atoms with Crippen LogP contribution in [0.5, 0.6) is 0 Å². The second kappa shape index (κ2) is 7.79. The third kappa shape index (κ3) is 4.18. The molecule has 2 aromatic rings. The van der Waals surface area contributed by atoms with E-state index in [1.807, 2.05) is 19.1 Å². The monoisotopic (exact) mass is 382 g/mol. The van der Waals surface area contributed by atoms with E-state index >= 15 is 0 Å². The zero-order valence-corrected chi connectivity index (χ0v) is 15.4. The molecule has 3 rings (SSSR count). The fourth-order valence-corrected chi connectivity index (χ4v) is 3.33. The van der Waals surface area contributed by atoms with Crippen LogP contribution in [0.3, 0.4) is 0 Å². The summed E-state index contributed by atoms with van der Waals surface area (Å²) in [5, 5.41) is 1.05. The van der Waals surface area contributed by atoms with Crippen molar-refractivity contribution in [3.63, 3.8) is 0 Å². The van der Waals surface area contributed by atoms with E-state index in [2.05, 4.69) is 4.90 Å². The van der Waals surface area contributed by atoms with Crippen molar-refractivity contribution in [2.24, 2.45) is 5.73 Å². The number of morpholine rings is 1. The maximum atomic E-state index is 11.3. The lowest BCUT2D eigenvalue weighted by Gasteiger charge is -2.33. The van der Waals surface area contributed by atoms with Crippen molar-refractivity contribution in [3.05, 3.63) is 57.0 Å². The molecule has 2 heterocycles. The topological polar surface area (TPSA) is 68.7 Å². The van der Waals surface area contributed by atoms with Gasteiger partial charge in [-0.15, -0.1) is 0 Å². The zero-order chi connectivity index (χ0) is 18.0. The molecule has 1 aliphatic rings. The van der Waals surface area contributed by atoms with Crippen LogP contribution in [0, 0.1) is 0 Å². The van der Waals surface area contributed by atoms with Crippen LogP contribution < -0.4 is 5.73 Å². The number of ether oxygens (including phenoxy) is 1. The molecule has 5 nitrogen and oxygen atoms in total. The summed E-state index contributed by atoms with van der Waals surface area (Å²) in [6.45, 7) is 4.81. The second-order valence-electron chi connectivity index (χ2n) is 6.04. The van der Waals surface area contributed by atoms with Gasteiger partial charge < -0.3 is 14.9 Å². The van der Waals surface area contributed by atoms with Crippen LogP contribution in [0.15, 0.2) is 28.7 Å². The number of halogens is 2. The Balaban J connectivity index is 1.73. The van der Waals surface area contributed by atoms with Gasteiger partial charge in [-0.25, -0.2) is 0 Å². The number of carbonyl (C=O) groups is 1. The number of nitrogens with zero attached hydrogens (tertiary/aromatic N) is 1. The molecule has 1 saturated heterocycles. The summed E-state index contributed by atoms with van der Waals surface area (Å²) < 4.78 is 11.4. The Kier molecular flexibility index (Phi) is 5.69. The van der Waals surface area contributed by atoms with Gasteiger partial charge in [0.1, 0.15) is 5.76 Å². The van der Waals surface area contributed by atoms with Gasteiger partial charge >= 0.3 is 0 Å². The third-order valence-corrected chi connectivity index (χ3v) is 5.06. The summed E-state index contributed by atoms with van der Waals surface area (Å²) in [5.41, 5.74) is 7.31. The molecule has 1 fully saturated rings. The van der Waals surface area contributed by atoms with E-state index < -0.39 is 5.91 Å². The molecule has 2 N–H and O–H groups in total. The number of benzene rings is 1. The summed E-state index contributed by atoms with van der Waals surface area (Å²) in [6.07, 6.45) is 0.638. The molecule has 0 radical (unpaired) electrons. The van der Waals surface area contributed by atoms with Crippen LogP contribution in [0.25, 0.3) is 0 Å². The van der Waals surface area contributed by atoms with Gasteiger partial charge in [0.15, 0.2) is 5.76 Å². The third-order valence-electron chi connectivity index (χ3n) is 4.32. The molecule has 1 aromatic heterocycles. The molecule has 0 saturated carbocycles. The predicted octanol–water partition coefficient (Wildman–Crippen LogP) is 3.82. The van der Waals surface area contributed by atoms with Gasteiger partial charge in [0.05, 0.1) is 22.8 Å². The van der Waals surface area contributed by atoms with Crippen LogP contribution in [0.1, 0.15) is 40.5 Å². The highest BCUT2D eigenvalue weighted by molar-refractivity contribution is 6.42. The second-order valence-corrected chi connectivity index (χ2v) is 6.86. The van der Waals surface area contributed by atoms with Crippen molar-refractivity contribution in [1.82, 2.24) is 4.90 Å². The largest absolute Gasteiger partial charge is 0.456 e. The number of aryl methyl sites for hydroxylation is 1. The number of amides is 1. The Morgan fingerprint density at radius 3 is 2.80 bits per heavy atom. The normalized spacial score (nSPS) is 18.4. The van der Waals surface area contributed by atoms with Gasteiger partial charge in [-0.1, -0.05) is 36.2 Å². The van der Waals surface area contributed by atoms with Gasteiger partial charge in [0.25, 0.3) is 5.91 Å². The van der Waals surface area contributed by atoms with Gasteiger partial charge in [0, 0.05) is 31.6 Å². The minimum atomic E-state index is -0.545. The maximum absolute atomic E-state index is 11.3. The maximum Gasteiger partial charge on any atom is 0.284 e. The van der Waals surface area contributed by atoms with Gasteiger partial charge in [-0.05, 0) is 23.8 Å². The first kappa shape index (κ1) is 18.3. The average Bonchev–Trinajstić information content (AvgIpc) is 3.01. The smallest absolute Gasteiger partial charge is 0.284 e. The number of primary amides is 1. The fourth-order valence-electron chi connectivity index (χ4n) is 3.02. The molecule has 7 heteroatoms. The van der Waals surface area contributed by atoms with Crippen LogP contribution in [-0.4, -0.2) is 30.5 Å². The number of carbonyl (C=O) groups excluding carboxylic acids is 1. The van der Waals surface area contributed by atoms with E-state index in [4.69, 9.17) is 38.1 Å². The molecular weight excluding hydrogens is 363 g/mol. The first-order valence-electron chi connectivity index (χ1n) is 8.18. The Labute approximate surface area is 156 Å². The van der Waals surface area contributed by atoms with Gasteiger partial charge in [0.2, 0.25) is 0 Å². The molecule has 0 bridgehead atoms. The lowest BCUT2D eigenvalue weighted by molar-refractivity contribution is -0.0330. The summed E-state index contributed by atoms with van der Waals surface area (Å²) in [5.74, 6) is 0.462. The molecule has 1 amide bonds. The highest BCUT2D eigenvalue weighted by Crippen LogP contribution is 2.30. The molecular formula is C18H20Cl2N2O3. The SMILES string of the molecule is CCc1oc(C(N)=O)cc1CN1CCO[C@@H](c2ccc(Cl)c(Cl)c2)C1. The van der Waals surface area contributed by atoms with E-state index in [0.717, 1.165) is 30.0 Å². The molecule has 1 atom stereocenters. The Morgan fingerprint density at radius 1 is 1.32 bits per heavy atom. The van der Waals surface area contributed by atoms with Crippen LogP contribution in [-0.2, 0) is 17.7 Å². The highest BCUT2D eigenvalue weighted by Gasteiger charge is 2.24. The quantitative estimate of drug-likeness (QED) is 0.852. The van der Waals surface area contributed by atoms with Crippen molar-refractivity contribution >= 4 is 29.1 Å². The number of hydrogen-bond donors (Lipinski definition) is 1. The lowest BCUT2D eigenvalue weighted by Crippen LogP contribution is -2.37. The van der Waals surface area contributed by atoms with Crippen LogP contribution in [0.2, 0.25) is 10.0 Å². The summed E-state index contributed by atoms with van der Waals surface area (Å²) >= 11 is 12.1. The van der Waals surface area contributed by atoms with Crippen molar-refractivity contribution in [1.29, 1.82) is 0 Å². The molecule has 1 aromatic carbocycles. The van der Waals surface area contributed by atoms with Crippen molar-refractivity contribution < 1.29 is 13.9 Å². The van der Waals surface area contributed by atoms with E-state index in [1.165, 1.54) is 0 Å². The first-order chi connectivity index (χ1) is 12.0. The first-order valence-corrected chi connectivity index (χ1v) is 8.93. The average molecular weight is 383 g/mol. The molecule has 0 aliphatic carbocycles. The molecule has 1 aliphatic heterocycles. The van der Waals surface area contributed by atoms with E-state index in [-0.39, 0.29) is 11.9 Å². The highest BCUT2D eigenvalue weighted by atomic mass is 35.5. The summed E-state index contributed by atoms with van der Waals surface area (Å²) in [7, 11) is 0. The molecule has 0 spiro atoms. The lowest BCUT2D eigenvalue weighted by atomic mass is 10.1. The molecule has 0 unspecified atom stereocenters.